The average molecular weight is 390 g/mol. The maximum absolute atomic E-state index is 12.2. The van der Waals surface area contributed by atoms with E-state index in [2.05, 4.69) is 5.32 Å². The van der Waals surface area contributed by atoms with Gasteiger partial charge in [0.2, 0.25) is 0 Å². The second-order valence-electron chi connectivity index (χ2n) is 5.63. The van der Waals surface area contributed by atoms with E-state index >= 15 is 0 Å². The van der Waals surface area contributed by atoms with Crippen LogP contribution in [0.15, 0.2) is 30.3 Å². The van der Waals surface area contributed by atoms with Crippen molar-refractivity contribution in [1.82, 2.24) is 5.32 Å². The predicted octanol–water partition coefficient (Wildman–Crippen LogP) is 2.07. The number of benzene rings is 2. The highest BCUT2D eigenvalue weighted by Gasteiger charge is 2.20. The molecular formula is C17H18N4O7. The number of hydrogen-bond acceptors (Lipinski definition) is 8. The van der Waals surface area contributed by atoms with Gasteiger partial charge in [0.25, 0.3) is 17.3 Å². The Hall–Kier alpha value is -3.89. The van der Waals surface area contributed by atoms with E-state index in [1.807, 2.05) is 0 Å². The molecule has 0 radical (unpaired) electrons. The Morgan fingerprint density at radius 3 is 2.21 bits per heavy atom. The lowest BCUT2D eigenvalue weighted by atomic mass is 10.1. The molecule has 0 heterocycles. The molecule has 148 valence electrons. The predicted molar refractivity (Wildman–Crippen MR) is 99.7 cm³/mol. The number of nitrogens with one attached hydrogen (secondary N) is 1. The summed E-state index contributed by atoms with van der Waals surface area (Å²) in [5.74, 6) is -0.0222. The van der Waals surface area contributed by atoms with Crippen LogP contribution >= 0.6 is 0 Å². The monoisotopic (exact) mass is 390 g/mol. The summed E-state index contributed by atoms with van der Waals surface area (Å²) in [7, 11) is 2.77. The summed E-state index contributed by atoms with van der Waals surface area (Å²) in [5, 5.41) is 24.8. The van der Waals surface area contributed by atoms with Crippen LogP contribution in [0.4, 0.5) is 17.1 Å². The number of nitro benzene ring substituents is 2. The lowest BCUT2D eigenvalue weighted by Gasteiger charge is -2.11. The molecule has 0 bridgehead atoms. The number of rotatable bonds is 8. The highest BCUT2D eigenvalue weighted by Crippen LogP contribution is 2.34. The van der Waals surface area contributed by atoms with E-state index in [1.165, 1.54) is 38.5 Å². The van der Waals surface area contributed by atoms with E-state index in [-0.39, 0.29) is 41.3 Å². The molecule has 0 fully saturated rings. The summed E-state index contributed by atoms with van der Waals surface area (Å²) in [4.78, 5) is 33.2. The molecule has 1 amide bonds. The maximum atomic E-state index is 12.2. The molecule has 0 aromatic heterocycles. The third-order valence-electron chi connectivity index (χ3n) is 3.95. The van der Waals surface area contributed by atoms with Gasteiger partial charge in [-0.3, -0.25) is 25.0 Å². The molecule has 2 aromatic rings. The Kier molecular flexibility index (Phi) is 6.32. The maximum Gasteiger partial charge on any atom is 0.292 e. The van der Waals surface area contributed by atoms with Crippen molar-refractivity contribution in [2.75, 3.05) is 26.5 Å². The van der Waals surface area contributed by atoms with Crippen LogP contribution in [0.5, 0.6) is 11.5 Å². The highest BCUT2D eigenvalue weighted by molar-refractivity contribution is 5.95. The van der Waals surface area contributed by atoms with Gasteiger partial charge in [-0.15, -0.1) is 0 Å². The number of methoxy groups -OCH3 is 2. The summed E-state index contributed by atoms with van der Waals surface area (Å²) in [6.45, 7) is 0.0628. The number of carbonyl (C=O) groups excluding carboxylic acids is 1. The topological polar surface area (TPSA) is 160 Å². The molecule has 0 aliphatic carbocycles. The Morgan fingerprint density at radius 2 is 1.64 bits per heavy atom. The van der Waals surface area contributed by atoms with E-state index in [0.29, 0.717) is 11.3 Å². The number of nitrogens with two attached hydrogens (primary N) is 1. The van der Waals surface area contributed by atoms with Crippen molar-refractivity contribution in [3.63, 3.8) is 0 Å². The molecule has 2 rings (SSSR count). The quantitative estimate of drug-likeness (QED) is 0.393. The van der Waals surface area contributed by atoms with Crippen LogP contribution in [-0.4, -0.2) is 36.5 Å². The summed E-state index contributed by atoms with van der Waals surface area (Å²) in [6.07, 6.45) is 0.138. The van der Waals surface area contributed by atoms with Gasteiger partial charge in [0.15, 0.2) is 11.5 Å². The number of ether oxygens (including phenoxy) is 2. The van der Waals surface area contributed by atoms with Crippen molar-refractivity contribution in [2.24, 2.45) is 0 Å². The van der Waals surface area contributed by atoms with E-state index in [4.69, 9.17) is 15.2 Å². The molecule has 0 saturated carbocycles. The molecule has 3 N–H and O–H groups in total. The molecule has 0 saturated heterocycles. The van der Waals surface area contributed by atoms with E-state index in [0.717, 1.165) is 6.07 Å². The first-order valence-corrected chi connectivity index (χ1v) is 7.99. The number of nitrogens with zero attached hydrogens (tertiary/aromatic N) is 2. The number of hydrogen-bond donors (Lipinski definition) is 2. The number of carbonyl (C=O) groups is 1. The van der Waals surface area contributed by atoms with E-state index in [9.17, 15) is 25.0 Å². The zero-order chi connectivity index (χ0) is 20.8. The lowest BCUT2D eigenvalue weighted by Crippen LogP contribution is -2.26. The van der Waals surface area contributed by atoms with E-state index in [1.54, 1.807) is 0 Å². The second-order valence-corrected chi connectivity index (χ2v) is 5.63. The molecule has 0 aliphatic rings. The number of nitrogen functional groups attached to an aromatic ring is 1. The minimum Gasteiger partial charge on any atom is -0.493 e. The summed E-state index contributed by atoms with van der Waals surface area (Å²) in [6, 6.07) is 6.42. The smallest absolute Gasteiger partial charge is 0.292 e. The van der Waals surface area contributed by atoms with Crippen molar-refractivity contribution < 1.29 is 24.1 Å². The van der Waals surface area contributed by atoms with Gasteiger partial charge in [0, 0.05) is 23.7 Å². The van der Waals surface area contributed by atoms with Crippen LogP contribution in [0, 0.1) is 20.2 Å². The van der Waals surface area contributed by atoms with Crippen LogP contribution in [0.1, 0.15) is 15.9 Å². The van der Waals surface area contributed by atoms with Gasteiger partial charge in [-0.25, -0.2) is 0 Å². The number of amides is 1. The fourth-order valence-electron chi connectivity index (χ4n) is 2.54. The summed E-state index contributed by atoms with van der Waals surface area (Å²) < 4.78 is 10.2. The molecule has 11 heteroatoms. The van der Waals surface area contributed by atoms with Gasteiger partial charge in [-0.05, 0) is 24.6 Å². The minimum atomic E-state index is -0.681. The van der Waals surface area contributed by atoms with Crippen LogP contribution in [-0.2, 0) is 6.42 Å². The van der Waals surface area contributed by atoms with Crippen molar-refractivity contribution >= 4 is 23.0 Å². The van der Waals surface area contributed by atoms with Crippen molar-refractivity contribution in [3.05, 3.63) is 61.7 Å². The van der Waals surface area contributed by atoms with Gasteiger partial charge in [-0.1, -0.05) is 0 Å². The molecular weight excluding hydrogens is 372 g/mol. The molecule has 2 aromatic carbocycles. The van der Waals surface area contributed by atoms with Gasteiger partial charge < -0.3 is 20.5 Å². The Bertz CT molecular complexity index is 930. The number of anilines is 1. The minimum absolute atomic E-state index is 0.0532. The Morgan fingerprint density at radius 1 is 1.04 bits per heavy atom. The second kappa shape index (κ2) is 8.66. The first-order valence-electron chi connectivity index (χ1n) is 7.99. The van der Waals surface area contributed by atoms with Gasteiger partial charge in [0.05, 0.1) is 30.1 Å². The normalized spacial score (nSPS) is 10.2. The van der Waals surface area contributed by atoms with Crippen LogP contribution < -0.4 is 20.5 Å². The van der Waals surface area contributed by atoms with Gasteiger partial charge >= 0.3 is 0 Å². The van der Waals surface area contributed by atoms with E-state index < -0.39 is 15.8 Å². The zero-order valence-electron chi connectivity index (χ0n) is 15.1. The first-order chi connectivity index (χ1) is 13.3. The van der Waals surface area contributed by atoms with Crippen molar-refractivity contribution in [2.45, 2.75) is 6.42 Å². The van der Waals surface area contributed by atoms with Crippen LogP contribution in [0.25, 0.3) is 0 Å². The third kappa shape index (κ3) is 4.44. The Balaban J connectivity index is 2.14. The zero-order valence-corrected chi connectivity index (χ0v) is 15.1. The molecule has 11 nitrogen and oxygen atoms in total. The van der Waals surface area contributed by atoms with Crippen LogP contribution in [0.3, 0.4) is 0 Å². The summed E-state index contributed by atoms with van der Waals surface area (Å²) in [5.41, 5.74) is 5.30. The molecule has 0 atom stereocenters. The molecule has 0 spiro atoms. The fourth-order valence-corrected chi connectivity index (χ4v) is 2.54. The average Bonchev–Trinajstić information content (AvgIpc) is 2.67. The lowest BCUT2D eigenvalue weighted by molar-refractivity contribution is -0.385. The SMILES string of the molecule is COc1cc(CCNC(=O)c2ccc(N)c([N+](=O)[O-])c2)c([N+](=O)[O-])cc1OC. The van der Waals surface area contributed by atoms with Gasteiger partial charge in [0.1, 0.15) is 5.69 Å². The molecule has 28 heavy (non-hydrogen) atoms. The highest BCUT2D eigenvalue weighted by atomic mass is 16.6. The van der Waals surface area contributed by atoms with Crippen LogP contribution in [0.2, 0.25) is 0 Å². The summed E-state index contributed by atoms with van der Waals surface area (Å²) >= 11 is 0. The van der Waals surface area contributed by atoms with Crippen molar-refractivity contribution in [1.29, 1.82) is 0 Å². The Labute approximate surface area is 159 Å². The fraction of sp³-hybridized carbons (Fsp3) is 0.235. The molecule has 0 unspecified atom stereocenters. The standard InChI is InChI=1S/C17H18N4O7/c1-27-15-8-10(13(20(23)24)9-16(15)28-2)5-6-19-17(22)11-3-4-12(18)14(7-11)21(25)26/h3-4,7-9H,5-6,18H2,1-2H3,(H,19,22). The van der Waals surface area contributed by atoms with Crippen molar-refractivity contribution in [3.8, 4) is 11.5 Å². The third-order valence-corrected chi connectivity index (χ3v) is 3.95. The largest absolute Gasteiger partial charge is 0.493 e. The first kappa shape index (κ1) is 20.4. The van der Waals surface area contributed by atoms with Gasteiger partial charge in [-0.2, -0.15) is 0 Å². The number of nitro groups is 2. The molecule has 0 aliphatic heterocycles.